The molecule has 59 heavy (non-hydrogen) atoms. The van der Waals surface area contributed by atoms with Gasteiger partial charge in [-0.3, -0.25) is 0 Å². The summed E-state index contributed by atoms with van der Waals surface area (Å²) in [6.07, 6.45) is 21.6. The van der Waals surface area contributed by atoms with Crippen LogP contribution in [-0.2, 0) is 17.6 Å². The van der Waals surface area contributed by atoms with Crippen LogP contribution < -0.4 is 5.30 Å². The van der Waals surface area contributed by atoms with Crippen molar-refractivity contribution in [3.05, 3.63) is 111 Å². The molecule has 0 spiro atoms. The van der Waals surface area contributed by atoms with Crippen molar-refractivity contribution in [1.82, 2.24) is 0 Å². The number of thioether (sulfide) groups is 2. The zero-order valence-corrected chi connectivity index (χ0v) is 42.2. The van der Waals surface area contributed by atoms with Gasteiger partial charge >= 0.3 is 0 Å². The van der Waals surface area contributed by atoms with Crippen LogP contribution in [0.15, 0.2) is 55.6 Å². The highest BCUT2D eigenvalue weighted by atomic mass is 32.2. The maximum Gasteiger partial charge on any atom is 0.0473 e. The van der Waals surface area contributed by atoms with Crippen molar-refractivity contribution in [2.45, 2.75) is 189 Å². The van der Waals surface area contributed by atoms with E-state index in [1.807, 2.05) is 0 Å². The van der Waals surface area contributed by atoms with Crippen molar-refractivity contribution in [2.75, 3.05) is 24.7 Å². The summed E-state index contributed by atoms with van der Waals surface area (Å²) in [6.45, 7) is 34.9. The molecule has 4 heteroatoms. The fourth-order valence-corrected chi connectivity index (χ4v) is 14.0. The van der Waals surface area contributed by atoms with Gasteiger partial charge in [-0.1, -0.05) is 122 Å². The summed E-state index contributed by atoms with van der Waals surface area (Å²) in [6, 6.07) is 16.0. The molecule has 0 aromatic heterocycles. The van der Waals surface area contributed by atoms with Gasteiger partial charge in [0.2, 0.25) is 0 Å². The Morgan fingerprint density at radius 3 is 1.41 bits per heavy atom. The number of hydrogen-bond acceptors (Lipinski definition) is 3. The van der Waals surface area contributed by atoms with Crippen molar-refractivity contribution in [2.24, 2.45) is 0 Å². The molecule has 0 bridgehead atoms. The third-order valence-electron chi connectivity index (χ3n) is 12.6. The molecule has 1 atom stereocenters. The molecule has 0 heterocycles. The second-order valence-electron chi connectivity index (χ2n) is 17.2. The first-order valence-corrected chi connectivity index (χ1v) is 27.2. The lowest BCUT2D eigenvalue weighted by molar-refractivity contribution is 0.131. The molecule has 0 saturated heterocycles. The van der Waals surface area contributed by atoms with Gasteiger partial charge in [-0.2, -0.15) is 23.5 Å². The summed E-state index contributed by atoms with van der Waals surface area (Å²) in [5.41, 5.74) is 14.1. The minimum atomic E-state index is -0.915. The molecule has 1 unspecified atom stereocenters. The van der Waals surface area contributed by atoms with E-state index >= 15 is 0 Å². The lowest BCUT2D eigenvalue weighted by Crippen LogP contribution is -2.09. The predicted octanol–water partition coefficient (Wildman–Crippen LogP) is 17.2. The predicted molar refractivity (Wildman–Crippen MR) is 275 cm³/mol. The molecule has 3 rings (SSSR count). The molecular weight excluding hydrogens is 772 g/mol. The van der Waals surface area contributed by atoms with Crippen LogP contribution in [0.4, 0.5) is 0 Å². The Kier molecular flexibility index (Phi) is 25.1. The number of benzene rings is 3. The first-order valence-electron chi connectivity index (χ1n) is 23.7. The summed E-state index contributed by atoms with van der Waals surface area (Å²) >= 11 is 4.31. The first-order chi connectivity index (χ1) is 28.5. The molecule has 0 aliphatic heterocycles. The van der Waals surface area contributed by atoms with E-state index in [2.05, 4.69) is 135 Å². The number of rotatable bonds is 31. The van der Waals surface area contributed by atoms with Gasteiger partial charge in [0.1, 0.15) is 0 Å². The molecule has 0 aliphatic rings. The summed E-state index contributed by atoms with van der Waals surface area (Å²) < 4.78 is 6.03. The van der Waals surface area contributed by atoms with Gasteiger partial charge in [0.25, 0.3) is 0 Å². The number of hydrogen-bond donors (Lipinski definition) is 0. The molecule has 0 saturated carbocycles. The average Bonchev–Trinajstić information content (AvgIpc) is 3.21. The van der Waals surface area contributed by atoms with Gasteiger partial charge in [-0.15, -0.1) is 0 Å². The first kappa shape index (κ1) is 51.6. The topological polar surface area (TPSA) is 9.23 Å². The summed E-state index contributed by atoms with van der Waals surface area (Å²) in [4.78, 5) is 0. The molecule has 0 fully saturated rings. The normalized spacial score (nSPS) is 12.2. The molecule has 3 aromatic rings. The largest absolute Gasteiger partial charge is 0.381 e. The van der Waals surface area contributed by atoms with Crippen LogP contribution in [0.25, 0.3) is 10.6 Å². The minimum Gasteiger partial charge on any atom is -0.381 e. The van der Waals surface area contributed by atoms with E-state index in [-0.39, 0.29) is 0 Å². The summed E-state index contributed by atoms with van der Waals surface area (Å²) in [5.74, 6) is 2.56. The quantitative estimate of drug-likeness (QED) is 0.0471. The Morgan fingerprint density at radius 2 is 0.932 bits per heavy atom. The molecule has 0 amide bonds. The van der Waals surface area contributed by atoms with Gasteiger partial charge in [-0.05, 0) is 203 Å². The zero-order valence-electron chi connectivity index (χ0n) is 39.6. The molecule has 3 aromatic carbocycles. The van der Waals surface area contributed by atoms with E-state index in [0.717, 1.165) is 49.4 Å². The maximum absolute atomic E-state index is 6.03. The Labute approximate surface area is 375 Å². The fraction of sp³-hybridized carbons (Fsp3) is 0.600. The molecule has 0 radical (unpaired) electrons. The third kappa shape index (κ3) is 16.5. The van der Waals surface area contributed by atoms with Gasteiger partial charge in [0, 0.05) is 23.7 Å². The van der Waals surface area contributed by atoms with Crippen molar-refractivity contribution in [3.8, 4) is 0 Å². The van der Waals surface area contributed by atoms with Crippen LogP contribution in [0.2, 0.25) is 0 Å². The van der Waals surface area contributed by atoms with Gasteiger partial charge < -0.3 is 4.74 Å². The summed E-state index contributed by atoms with van der Waals surface area (Å²) in [5, 5.41) is 5.48. The van der Waals surface area contributed by atoms with Crippen molar-refractivity contribution in [1.29, 1.82) is 0 Å². The monoisotopic (exact) mass is 857 g/mol. The van der Waals surface area contributed by atoms with Crippen LogP contribution in [-0.4, -0.2) is 35.2 Å². The van der Waals surface area contributed by atoms with E-state index in [9.17, 15) is 0 Å². The third-order valence-corrected chi connectivity index (χ3v) is 18.3. The van der Waals surface area contributed by atoms with Crippen LogP contribution in [0.3, 0.4) is 0 Å². The summed E-state index contributed by atoms with van der Waals surface area (Å²) in [7, 11) is -0.915. The van der Waals surface area contributed by atoms with Gasteiger partial charge in [0.15, 0.2) is 0 Å². The van der Waals surface area contributed by atoms with E-state index in [4.69, 9.17) is 17.9 Å². The molecule has 0 N–H and O–H groups in total. The number of unbranched alkanes of at least 4 members (excludes halogenated alkanes) is 8. The lowest BCUT2D eigenvalue weighted by atomic mass is 9.90. The highest BCUT2D eigenvalue weighted by Gasteiger charge is 2.27. The van der Waals surface area contributed by atoms with Crippen LogP contribution >= 0.6 is 31.4 Å². The number of ether oxygens (including phenoxy) is 1. The van der Waals surface area contributed by atoms with Crippen molar-refractivity contribution in [3.63, 3.8) is 0 Å². The van der Waals surface area contributed by atoms with E-state index < -0.39 is 7.92 Å². The maximum atomic E-state index is 6.03. The molecule has 328 valence electrons. The van der Waals surface area contributed by atoms with Crippen LogP contribution in [0.5, 0.6) is 0 Å². The van der Waals surface area contributed by atoms with E-state index in [1.165, 1.54) is 167 Å². The van der Waals surface area contributed by atoms with Crippen LogP contribution in [0, 0.1) is 41.5 Å². The standard InChI is InChI=1S/C55H85OPS2/c1-13-50(14-2)58-37-29-21-19-17-18-20-26-33-52-41(5)39-43(7)54(45(52)9)47(11)57(49-31-24-22-25-32-49)48(12)55-44(8)40-42(6)53(46(55)10)34-27-23-28-35-56-36-30-38-59-51(15-3)16-4/h22,24-25,31-32,39-40,50-51H,11-21,23,26-30,33-38H2,1-10H3. The highest BCUT2D eigenvalue weighted by molar-refractivity contribution is 8.00. The average molecular weight is 857 g/mol. The van der Waals surface area contributed by atoms with E-state index in [1.54, 1.807) is 0 Å². The Morgan fingerprint density at radius 1 is 0.525 bits per heavy atom. The van der Waals surface area contributed by atoms with Gasteiger partial charge in [-0.25, -0.2) is 0 Å². The highest BCUT2D eigenvalue weighted by Crippen LogP contribution is 2.60. The fourth-order valence-electron chi connectivity index (χ4n) is 9.17. The van der Waals surface area contributed by atoms with E-state index in [0.29, 0.717) is 0 Å². The Hall–Kier alpha value is -1.77. The second kappa shape index (κ2) is 28.8. The SMILES string of the molecule is C=C(c1c(C)cc(C)c(CCCCCCCCCSC(CC)CC)c1C)P(C(=C)c1c(C)cc(C)c(CCCCCOCCCSC(CC)CC)c1C)c1ccccc1. The number of aryl methyl sites for hydroxylation is 4. The van der Waals surface area contributed by atoms with Crippen molar-refractivity contribution < 1.29 is 4.74 Å². The minimum absolute atomic E-state index is 0.808. The zero-order chi connectivity index (χ0) is 43.2. The molecule has 1 nitrogen and oxygen atoms in total. The Bertz CT molecular complexity index is 1580. The molecular formula is C55H85OPS2. The molecule has 0 aliphatic carbocycles. The Balaban J connectivity index is 1.69. The van der Waals surface area contributed by atoms with Gasteiger partial charge in [0.05, 0.1) is 0 Å². The smallest absolute Gasteiger partial charge is 0.0473 e. The second-order valence-corrected chi connectivity index (χ2v) is 22.2. The van der Waals surface area contributed by atoms with Crippen molar-refractivity contribution >= 4 is 47.4 Å². The van der Waals surface area contributed by atoms with Crippen LogP contribution in [0.1, 0.15) is 180 Å². The lowest BCUT2D eigenvalue weighted by Gasteiger charge is -2.29.